The highest BCUT2D eigenvalue weighted by Gasteiger charge is 2.15. The van der Waals surface area contributed by atoms with Crippen LogP contribution in [-0.4, -0.2) is 40.9 Å². The van der Waals surface area contributed by atoms with Gasteiger partial charge in [-0.2, -0.15) is 5.10 Å². The Hall–Kier alpha value is -1.82. The molecule has 1 saturated heterocycles. The summed E-state index contributed by atoms with van der Waals surface area (Å²) >= 11 is 0. The average Bonchev–Trinajstić information content (AvgIpc) is 2.76. The van der Waals surface area contributed by atoms with Gasteiger partial charge in [0.25, 0.3) is 0 Å². The van der Waals surface area contributed by atoms with Gasteiger partial charge in [-0.3, -0.25) is 0 Å². The Morgan fingerprint density at radius 2 is 2.12 bits per heavy atom. The molecule has 84 valence electrons. The Balaban J connectivity index is 2.01. The highest BCUT2D eigenvalue weighted by Crippen LogP contribution is 2.18. The van der Waals surface area contributed by atoms with Gasteiger partial charge in [0.2, 0.25) is 0 Å². The van der Waals surface area contributed by atoms with E-state index >= 15 is 0 Å². The largest absolute Gasteiger partial charge is 0.396 e. The fraction of sp³-hybridized carbons (Fsp3) is 0.400. The van der Waals surface area contributed by atoms with E-state index in [1.54, 1.807) is 16.8 Å². The smallest absolute Gasteiger partial charge is 0.178 e. The highest BCUT2D eigenvalue weighted by molar-refractivity contribution is 5.66. The molecule has 1 fully saturated rings. The Morgan fingerprint density at radius 1 is 1.31 bits per heavy atom. The molecule has 16 heavy (non-hydrogen) atoms. The van der Waals surface area contributed by atoms with E-state index in [1.807, 2.05) is 6.20 Å². The van der Waals surface area contributed by atoms with Crippen molar-refractivity contribution in [2.75, 3.05) is 36.9 Å². The van der Waals surface area contributed by atoms with Crippen molar-refractivity contribution < 1.29 is 4.74 Å². The number of nitrogens with two attached hydrogens (primary N) is 1. The van der Waals surface area contributed by atoms with Crippen molar-refractivity contribution in [2.45, 2.75) is 0 Å². The van der Waals surface area contributed by atoms with Gasteiger partial charge in [-0.15, -0.1) is 0 Å². The van der Waals surface area contributed by atoms with Gasteiger partial charge < -0.3 is 15.4 Å². The van der Waals surface area contributed by atoms with Crippen molar-refractivity contribution in [3.05, 3.63) is 18.5 Å². The molecule has 6 heteroatoms. The minimum absolute atomic E-state index is 0.648. The molecule has 3 rings (SSSR count). The number of morpholine rings is 1. The van der Waals surface area contributed by atoms with Crippen molar-refractivity contribution in [3.8, 4) is 0 Å². The average molecular weight is 219 g/mol. The SMILES string of the molecule is Nc1ccnn2cc(N3CCOCC3)nc12. The van der Waals surface area contributed by atoms with Crippen LogP contribution >= 0.6 is 0 Å². The third kappa shape index (κ3) is 1.47. The van der Waals surface area contributed by atoms with Gasteiger partial charge in [-0.25, -0.2) is 9.50 Å². The molecule has 0 radical (unpaired) electrons. The Morgan fingerprint density at radius 3 is 2.88 bits per heavy atom. The van der Waals surface area contributed by atoms with E-state index in [2.05, 4.69) is 15.0 Å². The Labute approximate surface area is 92.6 Å². The lowest BCUT2D eigenvalue weighted by Crippen LogP contribution is -2.36. The number of hydrogen-bond acceptors (Lipinski definition) is 5. The fourth-order valence-electron chi connectivity index (χ4n) is 1.85. The number of hydrogen-bond donors (Lipinski definition) is 1. The van der Waals surface area contributed by atoms with Crippen LogP contribution in [0.15, 0.2) is 18.5 Å². The predicted molar refractivity (Wildman–Crippen MR) is 60.4 cm³/mol. The zero-order chi connectivity index (χ0) is 11.0. The molecule has 6 nitrogen and oxygen atoms in total. The van der Waals surface area contributed by atoms with Crippen molar-refractivity contribution in [2.24, 2.45) is 0 Å². The van der Waals surface area contributed by atoms with E-state index in [4.69, 9.17) is 10.5 Å². The monoisotopic (exact) mass is 219 g/mol. The summed E-state index contributed by atoms with van der Waals surface area (Å²) in [6.45, 7) is 3.22. The number of imidazole rings is 1. The van der Waals surface area contributed by atoms with E-state index in [0.717, 1.165) is 32.1 Å². The van der Waals surface area contributed by atoms with Crippen molar-refractivity contribution in [1.82, 2.24) is 14.6 Å². The summed E-state index contributed by atoms with van der Waals surface area (Å²) in [4.78, 5) is 6.66. The molecule has 0 unspecified atom stereocenters. The van der Waals surface area contributed by atoms with Crippen LogP contribution in [0.25, 0.3) is 5.65 Å². The first kappa shape index (κ1) is 9.41. The molecule has 0 spiro atoms. The van der Waals surface area contributed by atoms with E-state index in [1.165, 1.54) is 0 Å². The van der Waals surface area contributed by atoms with Crippen LogP contribution in [0, 0.1) is 0 Å². The maximum absolute atomic E-state index is 5.83. The predicted octanol–water partition coefficient (Wildman–Crippen LogP) is 0.148. The number of aromatic nitrogens is 3. The number of nitrogens with zero attached hydrogens (tertiary/aromatic N) is 4. The van der Waals surface area contributed by atoms with E-state index in [-0.39, 0.29) is 0 Å². The lowest BCUT2D eigenvalue weighted by Gasteiger charge is -2.26. The molecule has 0 amide bonds. The summed E-state index contributed by atoms with van der Waals surface area (Å²) in [6.07, 6.45) is 3.57. The van der Waals surface area contributed by atoms with Gasteiger partial charge in [0.15, 0.2) is 5.65 Å². The van der Waals surface area contributed by atoms with Crippen LogP contribution in [0.2, 0.25) is 0 Å². The van der Waals surface area contributed by atoms with Crippen molar-refractivity contribution in [3.63, 3.8) is 0 Å². The lowest BCUT2D eigenvalue weighted by atomic mass is 10.4. The molecule has 0 saturated carbocycles. The number of nitrogen functional groups attached to an aromatic ring is 1. The van der Waals surface area contributed by atoms with Crippen LogP contribution < -0.4 is 10.6 Å². The summed E-state index contributed by atoms with van der Waals surface area (Å²) in [5.41, 5.74) is 7.19. The number of rotatable bonds is 1. The highest BCUT2D eigenvalue weighted by atomic mass is 16.5. The first-order valence-corrected chi connectivity index (χ1v) is 5.27. The quantitative estimate of drug-likeness (QED) is 0.739. The Kier molecular flexibility index (Phi) is 2.14. The summed E-state index contributed by atoms with van der Waals surface area (Å²) < 4.78 is 7.01. The van der Waals surface area contributed by atoms with Crippen LogP contribution in [0.5, 0.6) is 0 Å². The minimum Gasteiger partial charge on any atom is -0.396 e. The number of anilines is 2. The molecule has 0 atom stereocenters. The minimum atomic E-state index is 0.648. The third-order valence-electron chi connectivity index (χ3n) is 2.71. The van der Waals surface area contributed by atoms with Crippen molar-refractivity contribution in [1.29, 1.82) is 0 Å². The van der Waals surface area contributed by atoms with Gasteiger partial charge in [0.05, 0.1) is 31.3 Å². The summed E-state index contributed by atoms with van der Waals surface area (Å²) in [6, 6.07) is 1.76. The molecule has 0 aromatic carbocycles. The molecule has 2 N–H and O–H groups in total. The first-order chi connectivity index (χ1) is 7.84. The second kappa shape index (κ2) is 3.64. The van der Waals surface area contributed by atoms with E-state index in [9.17, 15) is 0 Å². The summed E-state index contributed by atoms with van der Waals surface area (Å²) in [5.74, 6) is 0.911. The molecule has 0 bridgehead atoms. The second-order valence-corrected chi connectivity index (χ2v) is 3.75. The molecule has 1 aliphatic rings. The molecular weight excluding hydrogens is 206 g/mol. The topological polar surface area (TPSA) is 68.7 Å². The zero-order valence-corrected chi connectivity index (χ0v) is 8.83. The molecule has 3 heterocycles. The van der Waals surface area contributed by atoms with Gasteiger partial charge in [-0.1, -0.05) is 0 Å². The molecule has 0 aliphatic carbocycles. The number of fused-ring (bicyclic) bond motifs is 1. The zero-order valence-electron chi connectivity index (χ0n) is 8.83. The van der Waals surface area contributed by atoms with Gasteiger partial charge >= 0.3 is 0 Å². The maximum Gasteiger partial charge on any atom is 0.178 e. The van der Waals surface area contributed by atoms with Gasteiger partial charge in [0, 0.05) is 13.1 Å². The van der Waals surface area contributed by atoms with Crippen molar-refractivity contribution >= 4 is 17.2 Å². The molecular formula is C10H13N5O. The van der Waals surface area contributed by atoms with Crippen LogP contribution in [0.4, 0.5) is 11.5 Å². The molecule has 1 aliphatic heterocycles. The lowest BCUT2D eigenvalue weighted by molar-refractivity contribution is 0.122. The summed E-state index contributed by atoms with van der Waals surface area (Å²) in [7, 11) is 0. The van der Waals surface area contributed by atoms with Crippen LogP contribution in [-0.2, 0) is 4.74 Å². The van der Waals surface area contributed by atoms with Crippen LogP contribution in [0.1, 0.15) is 0 Å². The maximum atomic E-state index is 5.83. The first-order valence-electron chi connectivity index (χ1n) is 5.27. The normalized spacial score (nSPS) is 16.9. The van der Waals surface area contributed by atoms with Crippen LogP contribution in [0.3, 0.4) is 0 Å². The fourth-order valence-corrected chi connectivity index (χ4v) is 1.85. The van der Waals surface area contributed by atoms with Gasteiger partial charge in [0.1, 0.15) is 5.82 Å². The van der Waals surface area contributed by atoms with E-state index in [0.29, 0.717) is 11.3 Å². The number of ether oxygens (including phenoxy) is 1. The molecule has 2 aromatic rings. The van der Waals surface area contributed by atoms with E-state index < -0.39 is 0 Å². The molecule has 2 aromatic heterocycles. The third-order valence-corrected chi connectivity index (χ3v) is 2.71. The Bertz CT molecular complexity index is 503. The van der Waals surface area contributed by atoms with Gasteiger partial charge in [-0.05, 0) is 6.07 Å². The standard InChI is InChI=1S/C10H13N5O/c11-8-1-2-12-15-7-9(13-10(8)15)14-3-5-16-6-4-14/h1-2,7H,3-6,11H2. The summed E-state index contributed by atoms with van der Waals surface area (Å²) in [5, 5.41) is 4.17. The second-order valence-electron chi connectivity index (χ2n) is 3.75.